The van der Waals surface area contributed by atoms with Crippen LogP contribution in [0.5, 0.6) is 0 Å². The second-order valence-electron chi connectivity index (χ2n) is 12.0. The van der Waals surface area contributed by atoms with Crippen LogP contribution in [0.1, 0.15) is 80.0 Å². The van der Waals surface area contributed by atoms with E-state index < -0.39 is 11.7 Å². The van der Waals surface area contributed by atoms with Crippen molar-refractivity contribution in [1.82, 2.24) is 26.4 Å². The number of hydrogen-bond acceptors (Lipinski definition) is 7. The predicted molar refractivity (Wildman–Crippen MR) is 169 cm³/mol. The molecule has 0 aliphatic carbocycles. The Hall–Kier alpha value is -3.02. The fraction of sp³-hybridized carbons (Fsp3) is 0.467. The minimum Gasteiger partial charge on any atom is -0.345 e. The molecule has 2 aliphatic heterocycles. The first-order valence-electron chi connectivity index (χ1n) is 14.1. The maximum Gasteiger partial charge on any atom is 0.251 e. The summed E-state index contributed by atoms with van der Waals surface area (Å²) in [5.41, 5.74) is 3.87. The first kappa shape index (κ1) is 31.9. The molecule has 226 valence electrons. The Morgan fingerprint density at radius 2 is 1.81 bits per heavy atom. The van der Waals surface area contributed by atoms with Crippen LogP contribution in [0.4, 0.5) is 0 Å². The molecule has 2 heterocycles. The molecule has 4 rings (SSSR count). The van der Waals surface area contributed by atoms with E-state index >= 15 is 0 Å². The predicted octanol–water partition coefficient (Wildman–Crippen LogP) is 4.32. The van der Waals surface area contributed by atoms with Crippen LogP contribution >= 0.6 is 23.2 Å². The first-order valence-corrected chi connectivity index (χ1v) is 14.9. The molecule has 2 saturated heterocycles. The summed E-state index contributed by atoms with van der Waals surface area (Å²) in [4.78, 5) is 33.0. The van der Waals surface area contributed by atoms with Gasteiger partial charge in [-0.2, -0.15) is 0 Å². The molecule has 0 saturated carbocycles. The molecule has 2 atom stereocenters. The number of hydrazine groups is 1. The van der Waals surface area contributed by atoms with Crippen LogP contribution in [0, 0.1) is 5.41 Å². The van der Waals surface area contributed by atoms with Gasteiger partial charge in [-0.3, -0.25) is 14.9 Å². The fourth-order valence-electron chi connectivity index (χ4n) is 5.73. The molecule has 2 amide bonds. The van der Waals surface area contributed by atoms with Gasteiger partial charge in [0.15, 0.2) is 5.84 Å². The Labute approximate surface area is 257 Å². The van der Waals surface area contributed by atoms with Crippen LogP contribution < -0.4 is 27.3 Å². The highest BCUT2D eigenvalue weighted by molar-refractivity contribution is 6.34. The van der Waals surface area contributed by atoms with Crippen molar-refractivity contribution >= 4 is 47.6 Å². The second-order valence-corrected chi connectivity index (χ2v) is 12.9. The largest absolute Gasteiger partial charge is 0.345 e. The van der Waals surface area contributed by atoms with Crippen LogP contribution in [-0.2, 0) is 4.79 Å². The monoisotopic (exact) mass is 614 g/mol. The third-order valence-electron chi connectivity index (χ3n) is 7.83. The number of piperidine rings is 1. The number of hydrazone groups is 1. The highest BCUT2D eigenvalue weighted by Gasteiger charge is 2.53. The number of amidine groups is 1. The number of halogens is 2. The van der Waals surface area contributed by atoms with Gasteiger partial charge in [0.1, 0.15) is 6.04 Å². The van der Waals surface area contributed by atoms with Crippen LogP contribution in [0.15, 0.2) is 52.6 Å². The highest BCUT2D eigenvalue weighted by Crippen LogP contribution is 2.45. The first-order chi connectivity index (χ1) is 20.0. The van der Waals surface area contributed by atoms with Crippen molar-refractivity contribution in [1.29, 1.82) is 0 Å². The Morgan fingerprint density at radius 1 is 1.17 bits per heavy atom. The van der Waals surface area contributed by atoms with Gasteiger partial charge in [0.2, 0.25) is 5.91 Å². The number of amides is 2. The van der Waals surface area contributed by atoms with Crippen LogP contribution in [0.25, 0.3) is 0 Å². The SMILES string of the molecule is C=N/C(CNC(=O)c1ccc(C(CCC(C)(C)C)N2C(=O)C(c3cc(Cl)cc(Cl)c3)NC23CCNCC3)cc1)=N\NN. The van der Waals surface area contributed by atoms with Gasteiger partial charge in [-0.15, -0.1) is 5.10 Å². The van der Waals surface area contributed by atoms with Crippen molar-refractivity contribution in [3.8, 4) is 0 Å². The summed E-state index contributed by atoms with van der Waals surface area (Å²) in [7, 11) is 0. The standard InChI is InChI=1S/C30H40Cl2N8O2/c1-29(2,3)10-9-24(19-5-7-20(8-6-19)27(41)36-18-25(34-4)38-39-33)40-28(42)26(21-15-22(31)17-23(32)16-21)37-30(40)11-13-35-14-12-30/h5-8,15-17,24,26,35,37,39H,4,9-14,18,33H2,1-3H3,(H,36,41)/b38-25-. The summed E-state index contributed by atoms with van der Waals surface area (Å²) < 4.78 is 0. The van der Waals surface area contributed by atoms with Gasteiger partial charge in [-0.25, -0.2) is 16.4 Å². The maximum atomic E-state index is 14.4. The van der Waals surface area contributed by atoms with E-state index in [9.17, 15) is 9.59 Å². The van der Waals surface area contributed by atoms with Crippen LogP contribution in [0.3, 0.4) is 0 Å². The lowest BCUT2D eigenvalue weighted by molar-refractivity contribution is -0.136. The number of carbonyl (C=O) groups is 2. The Morgan fingerprint density at radius 3 is 2.38 bits per heavy atom. The van der Waals surface area contributed by atoms with Gasteiger partial charge in [0.25, 0.3) is 5.91 Å². The van der Waals surface area contributed by atoms with Crippen molar-refractivity contribution < 1.29 is 9.59 Å². The summed E-state index contributed by atoms with van der Waals surface area (Å²) in [6.07, 6.45) is 3.18. The van der Waals surface area contributed by atoms with Crippen molar-refractivity contribution in [2.45, 2.75) is 64.2 Å². The number of aliphatic imine (C=N–C) groups is 1. The number of hydrogen-bond donors (Lipinski definition) is 5. The molecule has 2 aromatic rings. The minimum atomic E-state index is -0.571. The highest BCUT2D eigenvalue weighted by atomic mass is 35.5. The zero-order valence-corrected chi connectivity index (χ0v) is 25.9. The van der Waals surface area contributed by atoms with Crippen LogP contribution in [-0.4, -0.2) is 54.6 Å². The van der Waals surface area contributed by atoms with Gasteiger partial charge < -0.3 is 15.5 Å². The molecule has 6 N–H and O–H groups in total. The van der Waals surface area contributed by atoms with Gasteiger partial charge >= 0.3 is 0 Å². The molecule has 0 radical (unpaired) electrons. The van der Waals surface area contributed by atoms with Gasteiger partial charge in [0, 0.05) is 15.6 Å². The topological polar surface area (TPSA) is 136 Å². The number of benzene rings is 2. The summed E-state index contributed by atoms with van der Waals surface area (Å²) in [5.74, 6) is 5.17. The molecule has 0 bridgehead atoms. The van der Waals surface area contributed by atoms with Gasteiger partial charge in [-0.05, 0) is 92.4 Å². The molecule has 2 fully saturated rings. The van der Waals surface area contributed by atoms with Crippen molar-refractivity contribution in [2.75, 3.05) is 19.6 Å². The molecular weight excluding hydrogens is 575 g/mol. The Bertz CT molecular complexity index is 1300. The van der Waals surface area contributed by atoms with E-state index in [1.807, 2.05) is 12.1 Å². The average Bonchev–Trinajstić information content (AvgIpc) is 3.21. The fourth-order valence-corrected chi connectivity index (χ4v) is 6.28. The lowest BCUT2D eigenvalue weighted by atomic mass is 9.85. The number of nitrogens with one attached hydrogen (secondary N) is 4. The van der Waals surface area contributed by atoms with E-state index in [4.69, 9.17) is 29.0 Å². The van der Waals surface area contributed by atoms with Gasteiger partial charge in [0.05, 0.1) is 18.2 Å². The summed E-state index contributed by atoms with van der Waals surface area (Å²) >= 11 is 12.7. The molecule has 1 spiro atoms. The zero-order chi connectivity index (χ0) is 30.5. The van der Waals surface area contributed by atoms with Crippen molar-refractivity contribution in [2.24, 2.45) is 21.4 Å². The van der Waals surface area contributed by atoms with E-state index in [2.05, 4.69) is 64.0 Å². The zero-order valence-electron chi connectivity index (χ0n) is 24.3. The van der Waals surface area contributed by atoms with E-state index in [-0.39, 0.29) is 35.7 Å². The summed E-state index contributed by atoms with van der Waals surface area (Å²) in [6.45, 7) is 11.7. The molecule has 42 heavy (non-hydrogen) atoms. The summed E-state index contributed by atoms with van der Waals surface area (Å²) in [5, 5.41) is 14.7. The normalized spacial score (nSPS) is 19.6. The lowest BCUT2D eigenvalue weighted by Crippen LogP contribution is -2.58. The average molecular weight is 616 g/mol. The number of nitrogens with zero attached hydrogens (tertiary/aromatic N) is 3. The Balaban J connectivity index is 1.68. The number of nitrogens with two attached hydrogens (primary N) is 1. The molecular formula is C30H40Cl2N8O2. The van der Waals surface area contributed by atoms with E-state index in [1.165, 1.54) is 0 Å². The molecule has 2 unspecified atom stereocenters. The quantitative estimate of drug-likeness (QED) is 0.123. The smallest absolute Gasteiger partial charge is 0.251 e. The molecule has 2 aromatic carbocycles. The van der Waals surface area contributed by atoms with Gasteiger partial charge in [-0.1, -0.05) is 56.1 Å². The maximum absolute atomic E-state index is 14.4. The van der Waals surface area contributed by atoms with Crippen molar-refractivity contribution in [3.05, 3.63) is 69.2 Å². The van der Waals surface area contributed by atoms with Crippen molar-refractivity contribution in [3.63, 3.8) is 0 Å². The van der Waals surface area contributed by atoms with Crippen LogP contribution in [0.2, 0.25) is 10.0 Å². The third-order valence-corrected chi connectivity index (χ3v) is 8.26. The van der Waals surface area contributed by atoms with E-state index in [1.54, 1.807) is 30.3 Å². The number of rotatable bonds is 9. The third kappa shape index (κ3) is 7.48. The summed E-state index contributed by atoms with van der Waals surface area (Å²) in [6, 6.07) is 12.0. The molecule has 12 heteroatoms. The van der Waals surface area contributed by atoms with E-state index in [0.29, 0.717) is 15.6 Å². The molecule has 10 nitrogen and oxygen atoms in total. The Kier molecular flexibility index (Phi) is 10.3. The minimum absolute atomic E-state index is 0.00628. The van der Waals surface area contributed by atoms with E-state index in [0.717, 1.165) is 49.9 Å². The molecule has 2 aliphatic rings. The molecule has 0 aromatic heterocycles. The lowest BCUT2D eigenvalue weighted by Gasteiger charge is -2.46. The number of carbonyl (C=O) groups excluding carboxylic acids is 2. The second kappa shape index (κ2) is 13.5.